The number of anilines is 1. The molecule has 154 valence electrons. The zero-order valence-electron chi connectivity index (χ0n) is 16.8. The first-order valence-electron chi connectivity index (χ1n) is 10.6. The highest BCUT2D eigenvalue weighted by molar-refractivity contribution is 5.74. The maximum atomic E-state index is 13.5. The molecular formula is C23H29FN4O. The average Bonchev–Trinajstić information content (AvgIpc) is 2.88. The van der Waals surface area contributed by atoms with Gasteiger partial charge in [0.25, 0.3) is 0 Å². The summed E-state index contributed by atoms with van der Waals surface area (Å²) in [5.74, 6) is -0.169. The van der Waals surface area contributed by atoms with E-state index in [-0.39, 0.29) is 11.5 Å². The van der Waals surface area contributed by atoms with Crippen LogP contribution in [-0.2, 0) is 6.54 Å². The molecule has 0 unspecified atom stereocenters. The van der Waals surface area contributed by atoms with Crippen molar-refractivity contribution < 1.29 is 4.39 Å². The third-order valence-electron chi connectivity index (χ3n) is 5.80. The second-order valence-electron chi connectivity index (χ2n) is 7.82. The smallest absolute Gasteiger partial charge is 0.326 e. The van der Waals surface area contributed by atoms with Gasteiger partial charge >= 0.3 is 5.69 Å². The van der Waals surface area contributed by atoms with Crippen molar-refractivity contribution in [2.45, 2.75) is 32.2 Å². The number of fused-ring (bicyclic) bond motifs is 1. The third-order valence-corrected chi connectivity index (χ3v) is 5.80. The van der Waals surface area contributed by atoms with Gasteiger partial charge in [-0.05, 0) is 62.7 Å². The first-order valence-corrected chi connectivity index (χ1v) is 10.6. The number of halogens is 1. The number of benzene rings is 2. The van der Waals surface area contributed by atoms with Gasteiger partial charge in [-0.1, -0.05) is 24.6 Å². The molecule has 3 aromatic rings. The predicted octanol–water partition coefficient (Wildman–Crippen LogP) is 3.85. The molecule has 0 aliphatic carbocycles. The minimum absolute atomic E-state index is 0.0174. The molecule has 29 heavy (non-hydrogen) atoms. The van der Waals surface area contributed by atoms with Crippen LogP contribution in [0.3, 0.4) is 0 Å². The number of aromatic nitrogens is 2. The highest BCUT2D eigenvalue weighted by Crippen LogP contribution is 2.18. The minimum atomic E-state index is -0.169. The predicted molar refractivity (Wildman–Crippen MR) is 116 cm³/mol. The monoisotopic (exact) mass is 396 g/mol. The Morgan fingerprint density at radius 3 is 2.66 bits per heavy atom. The van der Waals surface area contributed by atoms with Gasteiger partial charge in [-0.2, -0.15) is 0 Å². The number of hydrogen-bond acceptors (Lipinski definition) is 3. The molecule has 1 saturated heterocycles. The fourth-order valence-corrected chi connectivity index (χ4v) is 4.24. The Morgan fingerprint density at radius 1 is 0.897 bits per heavy atom. The third kappa shape index (κ3) is 4.88. The molecule has 0 amide bonds. The van der Waals surface area contributed by atoms with E-state index in [2.05, 4.69) is 14.8 Å². The van der Waals surface area contributed by atoms with Crippen LogP contribution in [0.4, 0.5) is 10.1 Å². The number of aromatic amines is 1. The van der Waals surface area contributed by atoms with E-state index < -0.39 is 0 Å². The fourth-order valence-electron chi connectivity index (χ4n) is 4.24. The molecule has 6 heteroatoms. The van der Waals surface area contributed by atoms with Crippen LogP contribution in [0.15, 0.2) is 53.3 Å². The van der Waals surface area contributed by atoms with E-state index in [4.69, 9.17) is 0 Å². The topological polar surface area (TPSA) is 44.3 Å². The summed E-state index contributed by atoms with van der Waals surface area (Å²) in [4.78, 5) is 19.8. The highest BCUT2D eigenvalue weighted by atomic mass is 19.1. The molecule has 1 fully saturated rings. The molecule has 2 heterocycles. The summed E-state index contributed by atoms with van der Waals surface area (Å²) in [6.07, 6.45) is 4.35. The summed E-state index contributed by atoms with van der Waals surface area (Å²) < 4.78 is 15.3. The van der Waals surface area contributed by atoms with Crippen LogP contribution >= 0.6 is 0 Å². The van der Waals surface area contributed by atoms with Crippen molar-refractivity contribution in [1.82, 2.24) is 14.5 Å². The largest absolute Gasteiger partial charge is 0.370 e. The zero-order valence-corrected chi connectivity index (χ0v) is 16.8. The molecule has 1 aliphatic heterocycles. The summed E-state index contributed by atoms with van der Waals surface area (Å²) >= 11 is 0. The number of aryl methyl sites for hydroxylation is 1. The fraction of sp³-hybridized carbons (Fsp3) is 0.435. The van der Waals surface area contributed by atoms with Gasteiger partial charge in [0.05, 0.1) is 11.0 Å². The van der Waals surface area contributed by atoms with Crippen LogP contribution in [0.5, 0.6) is 0 Å². The van der Waals surface area contributed by atoms with Gasteiger partial charge in [0.15, 0.2) is 0 Å². The Balaban J connectivity index is 1.21. The molecule has 0 spiro atoms. The van der Waals surface area contributed by atoms with E-state index in [1.807, 2.05) is 34.9 Å². The Morgan fingerprint density at radius 2 is 1.76 bits per heavy atom. The summed E-state index contributed by atoms with van der Waals surface area (Å²) in [7, 11) is 0. The van der Waals surface area contributed by atoms with Crippen molar-refractivity contribution in [1.29, 1.82) is 0 Å². The van der Waals surface area contributed by atoms with E-state index in [0.717, 1.165) is 81.7 Å². The molecule has 2 aromatic carbocycles. The van der Waals surface area contributed by atoms with E-state index in [9.17, 15) is 9.18 Å². The Hall–Kier alpha value is -2.60. The van der Waals surface area contributed by atoms with Crippen LogP contribution in [0, 0.1) is 5.82 Å². The lowest BCUT2D eigenvalue weighted by atomic mass is 10.2. The van der Waals surface area contributed by atoms with Crippen molar-refractivity contribution in [2.75, 3.05) is 37.6 Å². The summed E-state index contributed by atoms with van der Waals surface area (Å²) in [5.41, 5.74) is 2.86. The molecular weight excluding hydrogens is 367 g/mol. The standard InChI is InChI=1S/C23H29FN4O/c24-19-8-6-9-20(18-19)27-14-7-13-26(16-17-27)12-4-1-5-15-28-22-11-3-2-10-21(22)25-23(28)29/h2-3,6,8-11,18H,1,4-5,7,12-17H2,(H,25,29). The van der Waals surface area contributed by atoms with Crippen LogP contribution in [0.25, 0.3) is 11.0 Å². The molecule has 0 saturated carbocycles. The Kier molecular flexibility index (Phi) is 6.30. The number of imidazole rings is 1. The Bertz CT molecular complexity index is 996. The van der Waals surface area contributed by atoms with Gasteiger partial charge in [0, 0.05) is 31.9 Å². The van der Waals surface area contributed by atoms with E-state index in [1.54, 1.807) is 12.1 Å². The molecule has 1 aliphatic rings. The second-order valence-corrected chi connectivity index (χ2v) is 7.82. The normalized spacial score (nSPS) is 15.7. The lowest BCUT2D eigenvalue weighted by molar-refractivity contribution is 0.285. The van der Waals surface area contributed by atoms with Crippen molar-refractivity contribution >= 4 is 16.7 Å². The van der Waals surface area contributed by atoms with Crippen LogP contribution < -0.4 is 10.6 Å². The molecule has 1 N–H and O–H groups in total. The van der Waals surface area contributed by atoms with Gasteiger partial charge in [-0.15, -0.1) is 0 Å². The quantitative estimate of drug-likeness (QED) is 0.617. The van der Waals surface area contributed by atoms with E-state index in [0.29, 0.717) is 0 Å². The maximum absolute atomic E-state index is 13.5. The highest BCUT2D eigenvalue weighted by Gasteiger charge is 2.15. The maximum Gasteiger partial charge on any atom is 0.326 e. The molecule has 0 atom stereocenters. The average molecular weight is 397 g/mol. The number of unbranched alkanes of at least 4 members (excludes halogenated alkanes) is 2. The van der Waals surface area contributed by atoms with Crippen molar-refractivity contribution in [3.63, 3.8) is 0 Å². The van der Waals surface area contributed by atoms with Gasteiger partial charge < -0.3 is 14.8 Å². The number of H-pyrrole nitrogens is 1. The van der Waals surface area contributed by atoms with Crippen LogP contribution in [-0.4, -0.2) is 47.2 Å². The van der Waals surface area contributed by atoms with Crippen LogP contribution in [0.1, 0.15) is 25.7 Å². The molecule has 1 aromatic heterocycles. The van der Waals surface area contributed by atoms with Crippen molar-refractivity contribution in [3.8, 4) is 0 Å². The number of nitrogens with zero attached hydrogens (tertiary/aromatic N) is 3. The molecule has 0 radical (unpaired) electrons. The number of para-hydroxylation sites is 2. The minimum Gasteiger partial charge on any atom is -0.370 e. The lowest BCUT2D eigenvalue weighted by Crippen LogP contribution is -2.31. The lowest BCUT2D eigenvalue weighted by Gasteiger charge is -2.23. The van der Waals surface area contributed by atoms with Crippen molar-refractivity contribution in [3.05, 3.63) is 64.8 Å². The number of hydrogen-bond donors (Lipinski definition) is 1. The summed E-state index contributed by atoms with van der Waals surface area (Å²) in [6, 6.07) is 14.8. The van der Waals surface area contributed by atoms with E-state index in [1.165, 1.54) is 6.07 Å². The first kappa shape index (κ1) is 19.7. The Labute approximate surface area is 170 Å². The van der Waals surface area contributed by atoms with E-state index >= 15 is 0 Å². The first-order chi connectivity index (χ1) is 14.2. The number of rotatable bonds is 7. The van der Waals surface area contributed by atoms with Crippen LogP contribution in [0.2, 0.25) is 0 Å². The summed E-state index contributed by atoms with van der Waals surface area (Å²) in [5, 5.41) is 0. The van der Waals surface area contributed by atoms with Gasteiger partial charge in [-0.3, -0.25) is 4.57 Å². The molecule has 5 nitrogen and oxygen atoms in total. The molecule has 0 bridgehead atoms. The van der Waals surface area contributed by atoms with Gasteiger partial charge in [-0.25, -0.2) is 9.18 Å². The molecule has 4 rings (SSSR count). The SMILES string of the molecule is O=c1[nH]c2ccccc2n1CCCCCN1CCCN(c2cccc(F)c2)CC1. The second kappa shape index (κ2) is 9.27. The summed E-state index contributed by atoms with van der Waals surface area (Å²) in [6.45, 7) is 5.86. The number of nitrogens with one attached hydrogen (secondary N) is 1. The van der Waals surface area contributed by atoms with Gasteiger partial charge in [0.2, 0.25) is 0 Å². The zero-order chi connectivity index (χ0) is 20.1. The van der Waals surface area contributed by atoms with Crippen molar-refractivity contribution in [2.24, 2.45) is 0 Å². The van der Waals surface area contributed by atoms with Gasteiger partial charge in [0.1, 0.15) is 5.82 Å².